The van der Waals surface area contributed by atoms with Crippen molar-refractivity contribution in [3.05, 3.63) is 21.6 Å². The smallest absolute Gasteiger partial charge is 0.403 e. The highest BCUT2D eigenvalue weighted by Crippen LogP contribution is 2.31. The molecule has 0 unspecified atom stereocenters. The van der Waals surface area contributed by atoms with E-state index in [2.05, 4.69) is 25.7 Å². The summed E-state index contributed by atoms with van der Waals surface area (Å²) in [7, 11) is 0. The Bertz CT molecular complexity index is 356. The molecule has 0 saturated carbocycles. The predicted octanol–water partition coefficient (Wildman–Crippen LogP) is 3.54. The second-order valence-electron chi connectivity index (χ2n) is 2.10. The Labute approximate surface area is 89.0 Å². The first-order valence-corrected chi connectivity index (χ1v) is 4.24. The first-order valence-electron chi connectivity index (χ1n) is 3.07. The summed E-state index contributed by atoms with van der Waals surface area (Å²) in [5.74, 6) is -1.77. The number of halogens is 6. The molecule has 0 bridgehead atoms. The first-order chi connectivity index (χ1) is 6.29. The maximum absolute atomic E-state index is 12.6. The van der Waals surface area contributed by atoms with Crippen LogP contribution in [0, 0.1) is 5.95 Å². The summed E-state index contributed by atoms with van der Waals surface area (Å²) in [5, 5.41) is -0.549. The fraction of sp³-hybridized carbons (Fsp3) is 0.167. The Morgan fingerprint density at radius 1 is 1.43 bits per heavy atom. The van der Waals surface area contributed by atoms with E-state index < -0.39 is 27.7 Å². The predicted molar refractivity (Wildman–Crippen MR) is 43.6 cm³/mol. The molecule has 8 heteroatoms. The number of hydrogen-bond acceptors (Lipinski definition) is 2. The lowest BCUT2D eigenvalue weighted by molar-refractivity contribution is -0.275. The lowest BCUT2D eigenvalue weighted by atomic mass is 10.4. The molecule has 1 rings (SSSR count). The molecule has 1 aromatic rings. The van der Waals surface area contributed by atoms with Gasteiger partial charge in [0, 0.05) is 6.07 Å². The van der Waals surface area contributed by atoms with E-state index in [4.69, 9.17) is 11.6 Å². The Morgan fingerprint density at radius 2 is 2.00 bits per heavy atom. The summed E-state index contributed by atoms with van der Waals surface area (Å²) in [6, 6.07) is 0.682. The van der Waals surface area contributed by atoms with Crippen molar-refractivity contribution in [2.75, 3.05) is 0 Å². The average Bonchev–Trinajstić information content (AvgIpc) is 1.97. The zero-order chi connectivity index (χ0) is 10.9. The van der Waals surface area contributed by atoms with Crippen molar-refractivity contribution in [1.29, 1.82) is 0 Å². The van der Waals surface area contributed by atoms with Crippen molar-refractivity contribution in [1.82, 2.24) is 4.98 Å². The molecule has 0 spiro atoms. The van der Waals surface area contributed by atoms with Gasteiger partial charge in [0.25, 0.3) is 0 Å². The number of aromatic nitrogens is 1. The minimum absolute atomic E-state index is 0.406. The molecule has 2 nitrogen and oxygen atoms in total. The number of ether oxygens (including phenoxy) is 1. The molecule has 0 aliphatic rings. The van der Waals surface area contributed by atoms with Crippen LogP contribution in [-0.2, 0) is 0 Å². The van der Waals surface area contributed by atoms with Crippen molar-refractivity contribution >= 4 is 27.5 Å². The van der Waals surface area contributed by atoms with Crippen LogP contribution in [0.25, 0.3) is 0 Å². The highest BCUT2D eigenvalue weighted by atomic mass is 79.9. The molecule has 78 valence electrons. The summed E-state index contributed by atoms with van der Waals surface area (Å²) < 4.78 is 50.9. The van der Waals surface area contributed by atoms with Gasteiger partial charge >= 0.3 is 6.36 Å². The number of pyridine rings is 1. The van der Waals surface area contributed by atoms with E-state index in [0.29, 0.717) is 6.07 Å². The van der Waals surface area contributed by atoms with Crippen LogP contribution >= 0.6 is 27.5 Å². The molecule has 1 aromatic heterocycles. The van der Waals surface area contributed by atoms with Crippen LogP contribution in [0.1, 0.15) is 0 Å². The van der Waals surface area contributed by atoms with Gasteiger partial charge in [0.15, 0.2) is 10.4 Å². The fourth-order valence-electron chi connectivity index (χ4n) is 0.625. The quantitative estimate of drug-likeness (QED) is 0.584. The van der Waals surface area contributed by atoms with Crippen LogP contribution in [0.2, 0.25) is 5.02 Å². The van der Waals surface area contributed by atoms with Gasteiger partial charge in [-0.2, -0.15) is 4.39 Å². The van der Waals surface area contributed by atoms with Crippen LogP contribution in [0.3, 0.4) is 0 Å². The molecule has 0 N–H and O–H groups in total. The van der Waals surface area contributed by atoms with Crippen molar-refractivity contribution < 1.29 is 22.3 Å². The van der Waals surface area contributed by atoms with E-state index in [-0.39, 0.29) is 0 Å². The second kappa shape index (κ2) is 3.90. The van der Waals surface area contributed by atoms with Gasteiger partial charge in [-0.05, 0) is 15.9 Å². The fourth-order valence-corrected chi connectivity index (χ4v) is 1.12. The zero-order valence-electron chi connectivity index (χ0n) is 6.20. The van der Waals surface area contributed by atoms with Gasteiger partial charge in [-0.25, -0.2) is 4.98 Å². The second-order valence-corrected chi connectivity index (χ2v) is 3.26. The summed E-state index contributed by atoms with van der Waals surface area (Å²) in [4.78, 5) is 3.05. The molecule has 0 saturated heterocycles. The number of nitrogens with zero attached hydrogens (tertiary/aromatic N) is 1. The van der Waals surface area contributed by atoms with Crippen molar-refractivity contribution in [3.8, 4) is 5.75 Å². The molecule has 0 fully saturated rings. The van der Waals surface area contributed by atoms with Gasteiger partial charge in [0.05, 0.1) is 5.02 Å². The van der Waals surface area contributed by atoms with E-state index in [0.717, 1.165) is 0 Å². The normalized spacial score (nSPS) is 11.6. The Kier molecular flexibility index (Phi) is 3.20. The van der Waals surface area contributed by atoms with Crippen LogP contribution in [0.15, 0.2) is 10.7 Å². The molecule has 0 aliphatic carbocycles. The maximum atomic E-state index is 12.6. The van der Waals surface area contributed by atoms with Gasteiger partial charge < -0.3 is 4.74 Å². The van der Waals surface area contributed by atoms with Gasteiger partial charge in [-0.1, -0.05) is 11.6 Å². The summed E-state index contributed by atoms with van der Waals surface area (Å²) in [6.07, 6.45) is -4.87. The first kappa shape index (κ1) is 11.5. The molecular formula is C6HBrClF4NO. The van der Waals surface area contributed by atoms with Crippen LogP contribution < -0.4 is 4.74 Å². The van der Waals surface area contributed by atoms with Gasteiger partial charge in [-0.3, -0.25) is 0 Å². The number of rotatable bonds is 1. The monoisotopic (exact) mass is 293 g/mol. The van der Waals surface area contributed by atoms with Gasteiger partial charge in [-0.15, -0.1) is 13.2 Å². The molecule has 0 aliphatic heterocycles. The molecular weight excluding hydrogens is 293 g/mol. The van der Waals surface area contributed by atoms with Gasteiger partial charge in [0.1, 0.15) is 0 Å². The Morgan fingerprint density at radius 3 is 2.50 bits per heavy atom. The molecule has 0 atom stereocenters. The van der Waals surface area contributed by atoms with Crippen LogP contribution in [0.4, 0.5) is 17.6 Å². The van der Waals surface area contributed by atoms with Crippen molar-refractivity contribution in [3.63, 3.8) is 0 Å². The SMILES string of the molecule is Fc1nc(Br)c(OC(F)(F)F)cc1Cl. The number of hydrogen-bond donors (Lipinski definition) is 0. The maximum Gasteiger partial charge on any atom is 0.573 e. The average molecular weight is 294 g/mol. The molecule has 0 radical (unpaired) electrons. The topological polar surface area (TPSA) is 22.1 Å². The third-order valence-electron chi connectivity index (χ3n) is 1.08. The largest absolute Gasteiger partial charge is 0.573 e. The molecule has 0 aromatic carbocycles. The van der Waals surface area contributed by atoms with Crippen LogP contribution in [-0.4, -0.2) is 11.3 Å². The van der Waals surface area contributed by atoms with Crippen molar-refractivity contribution in [2.24, 2.45) is 0 Å². The Balaban J connectivity index is 3.04. The lowest BCUT2D eigenvalue weighted by Gasteiger charge is -2.09. The highest BCUT2D eigenvalue weighted by Gasteiger charge is 2.32. The van der Waals surface area contributed by atoms with Crippen LogP contribution in [0.5, 0.6) is 5.75 Å². The van der Waals surface area contributed by atoms with E-state index in [1.54, 1.807) is 0 Å². The summed E-state index contributed by atoms with van der Waals surface area (Å²) >= 11 is 7.81. The van der Waals surface area contributed by atoms with E-state index >= 15 is 0 Å². The van der Waals surface area contributed by atoms with E-state index in [1.807, 2.05) is 0 Å². The third kappa shape index (κ3) is 2.98. The highest BCUT2D eigenvalue weighted by molar-refractivity contribution is 9.10. The van der Waals surface area contributed by atoms with Crippen molar-refractivity contribution in [2.45, 2.75) is 6.36 Å². The standard InChI is InChI=1S/C6HBrClF4NO/c7-4-3(14-6(10,11)12)1-2(8)5(9)13-4/h1H. The number of alkyl halides is 3. The summed E-state index contributed by atoms with van der Waals surface area (Å²) in [6.45, 7) is 0. The van der Waals surface area contributed by atoms with E-state index in [9.17, 15) is 17.6 Å². The molecule has 14 heavy (non-hydrogen) atoms. The Hall–Kier alpha value is -0.560. The minimum Gasteiger partial charge on any atom is -0.403 e. The minimum atomic E-state index is -4.87. The van der Waals surface area contributed by atoms with E-state index in [1.165, 1.54) is 0 Å². The molecule has 0 amide bonds. The van der Waals surface area contributed by atoms with Gasteiger partial charge in [0.2, 0.25) is 5.95 Å². The molecule has 1 heterocycles. The summed E-state index contributed by atoms with van der Waals surface area (Å²) in [5.41, 5.74) is 0. The third-order valence-corrected chi connectivity index (χ3v) is 1.91. The zero-order valence-corrected chi connectivity index (χ0v) is 8.54. The lowest BCUT2D eigenvalue weighted by Crippen LogP contribution is -2.17.